The van der Waals surface area contributed by atoms with Gasteiger partial charge in [-0.05, 0) is 30.7 Å². The van der Waals surface area contributed by atoms with E-state index in [-0.39, 0.29) is 18.1 Å². The highest BCUT2D eigenvalue weighted by atomic mass is 16.3. The monoisotopic (exact) mass is 262 g/mol. The molecule has 0 saturated heterocycles. The molecule has 2 heteroatoms. The average Bonchev–Trinajstić information content (AvgIpc) is 2.48. The van der Waals surface area contributed by atoms with Gasteiger partial charge in [-0.15, -0.1) is 0 Å². The molecule has 0 amide bonds. The van der Waals surface area contributed by atoms with Crippen molar-refractivity contribution in [3.8, 4) is 0 Å². The third-order valence-electron chi connectivity index (χ3n) is 4.81. The van der Waals surface area contributed by atoms with Crippen LogP contribution >= 0.6 is 0 Å². The summed E-state index contributed by atoms with van der Waals surface area (Å²) in [6.07, 6.45) is 6.25. The van der Waals surface area contributed by atoms with E-state index in [1.165, 1.54) is 19.3 Å². The molecule has 0 aromatic heterocycles. The molecule has 0 radical (unpaired) electrons. The SMILES string of the molecule is C[C@@](CCO)(c1ccccc1)[C@H](O)C1CCCCC1. The molecule has 1 aromatic carbocycles. The highest BCUT2D eigenvalue weighted by Gasteiger charge is 2.39. The van der Waals surface area contributed by atoms with E-state index in [2.05, 4.69) is 19.1 Å². The summed E-state index contributed by atoms with van der Waals surface area (Å²) in [5.74, 6) is 0.380. The van der Waals surface area contributed by atoms with Gasteiger partial charge in [0.2, 0.25) is 0 Å². The van der Waals surface area contributed by atoms with Crippen molar-refractivity contribution in [1.82, 2.24) is 0 Å². The quantitative estimate of drug-likeness (QED) is 0.855. The molecule has 1 aromatic rings. The number of benzene rings is 1. The van der Waals surface area contributed by atoms with Crippen LogP contribution in [0, 0.1) is 5.92 Å². The topological polar surface area (TPSA) is 40.5 Å². The number of aliphatic hydroxyl groups excluding tert-OH is 2. The molecule has 0 aliphatic heterocycles. The molecule has 19 heavy (non-hydrogen) atoms. The van der Waals surface area contributed by atoms with Gasteiger partial charge < -0.3 is 10.2 Å². The minimum atomic E-state index is -0.359. The second kappa shape index (κ2) is 6.53. The first-order valence-electron chi connectivity index (χ1n) is 7.53. The van der Waals surface area contributed by atoms with Crippen molar-refractivity contribution < 1.29 is 10.2 Å². The van der Waals surface area contributed by atoms with Gasteiger partial charge in [-0.25, -0.2) is 0 Å². The minimum Gasteiger partial charge on any atom is -0.396 e. The first kappa shape index (κ1) is 14.5. The molecule has 1 aliphatic rings. The van der Waals surface area contributed by atoms with Crippen molar-refractivity contribution >= 4 is 0 Å². The van der Waals surface area contributed by atoms with E-state index in [9.17, 15) is 10.2 Å². The lowest BCUT2D eigenvalue weighted by Gasteiger charge is -2.40. The standard InChI is InChI=1S/C17H26O2/c1-17(12-13-18,15-10-6-3-7-11-15)16(19)14-8-4-2-5-9-14/h3,6-7,10-11,14,16,18-19H,2,4-5,8-9,12-13H2,1H3/t16-,17-/m1/s1. The molecule has 1 aliphatic carbocycles. The Hall–Kier alpha value is -0.860. The Labute approximate surface area is 116 Å². The lowest BCUT2D eigenvalue weighted by Crippen LogP contribution is -2.43. The van der Waals surface area contributed by atoms with Gasteiger partial charge in [-0.3, -0.25) is 0 Å². The third-order valence-corrected chi connectivity index (χ3v) is 4.81. The fraction of sp³-hybridized carbons (Fsp3) is 0.647. The van der Waals surface area contributed by atoms with Gasteiger partial charge in [-0.2, -0.15) is 0 Å². The van der Waals surface area contributed by atoms with E-state index < -0.39 is 0 Å². The maximum Gasteiger partial charge on any atom is 0.0663 e. The second-order valence-corrected chi connectivity index (χ2v) is 6.10. The zero-order valence-electron chi connectivity index (χ0n) is 11.9. The molecule has 106 valence electrons. The minimum absolute atomic E-state index is 0.120. The first-order chi connectivity index (χ1) is 9.18. The van der Waals surface area contributed by atoms with Crippen molar-refractivity contribution in [3.63, 3.8) is 0 Å². The molecule has 0 spiro atoms. The average molecular weight is 262 g/mol. The van der Waals surface area contributed by atoms with Crippen LogP contribution in [0.3, 0.4) is 0 Å². The zero-order valence-corrected chi connectivity index (χ0v) is 11.9. The fourth-order valence-corrected chi connectivity index (χ4v) is 3.48. The number of rotatable bonds is 5. The van der Waals surface area contributed by atoms with Gasteiger partial charge in [0.1, 0.15) is 0 Å². The normalized spacial score (nSPS) is 21.8. The van der Waals surface area contributed by atoms with Crippen LogP contribution in [0.1, 0.15) is 51.0 Å². The van der Waals surface area contributed by atoms with Gasteiger partial charge in [0.25, 0.3) is 0 Å². The van der Waals surface area contributed by atoms with Gasteiger partial charge in [0.05, 0.1) is 6.10 Å². The predicted octanol–water partition coefficient (Wildman–Crippen LogP) is 3.27. The van der Waals surface area contributed by atoms with Gasteiger partial charge in [0, 0.05) is 12.0 Å². The summed E-state index contributed by atoms with van der Waals surface area (Å²) in [6.45, 7) is 2.22. The highest BCUT2D eigenvalue weighted by Crippen LogP contribution is 2.39. The number of hydrogen-bond donors (Lipinski definition) is 2. The summed E-state index contributed by atoms with van der Waals surface area (Å²) in [5.41, 5.74) is 0.806. The Morgan fingerprint density at radius 1 is 1.16 bits per heavy atom. The van der Waals surface area contributed by atoms with E-state index in [0.29, 0.717) is 12.3 Å². The van der Waals surface area contributed by atoms with Crippen LogP contribution in [0.2, 0.25) is 0 Å². The van der Waals surface area contributed by atoms with Gasteiger partial charge in [-0.1, -0.05) is 56.5 Å². The van der Waals surface area contributed by atoms with Gasteiger partial charge in [0.15, 0.2) is 0 Å². The molecular weight excluding hydrogens is 236 g/mol. The summed E-state index contributed by atoms with van der Waals surface area (Å²) in [4.78, 5) is 0. The summed E-state index contributed by atoms with van der Waals surface area (Å²) in [6, 6.07) is 10.2. The summed E-state index contributed by atoms with van der Waals surface area (Å²) in [7, 11) is 0. The maximum absolute atomic E-state index is 10.9. The van der Waals surface area contributed by atoms with E-state index in [1.54, 1.807) is 0 Å². The first-order valence-corrected chi connectivity index (χ1v) is 7.53. The number of aliphatic hydroxyl groups is 2. The van der Waals surface area contributed by atoms with Crippen LogP contribution in [0.25, 0.3) is 0 Å². The Morgan fingerprint density at radius 2 is 1.79 bits per heavy atom. The molecule has 2 rings (SSSR count). The molecule has 2 atom stereocenters. The van der Waals surface area contributed by atoms with Crippen LogP contribution in [0.5, 0.6) is 0 Å². The third kappa shape index (κ3) is 3.18. The second-order valence-electron chi connectivity index (χ2n) is 6.10. The number of hydrogen-bond acceptors (Lipinski definition) is 2. The molecule has 0 bridgehead atoms. The zero-order chi connectivity index (χ0) is 13.7. The lowest BCUT2D eigenvalue weighted by atomic mass is 9.68. The smallest absolute Gasteiger partial charge is 0.0663 e. The predicted molar refractivity (Wildman–Crippen MR) is 78.1 cm³/mol. The van der Waals surface area contributed by atoms with Crippen LogP contribution < -0.4 is 0 Å². The van der Waals surface area contributed by atoms with Crippen molar-refractivity contribution in [2.45, 2.75) is 57.0 Å². The van der Waals surface area contributed by atoms with Gasteiger partial charge >= 0.3 is 0 Å². The van der Waals surface area contributed by atoms with E-state index >= 15 is 0 Å². The van der Waals surface area contributed by atoms with Crippen LogP contribution in [0.15, 0.2) is 30.3 Å². The maximum atomic E-state index is 10.9. The fourth-order valence-electron chi connectivity index (χ4n) is 3.48. The Morgan fingerprint density at radius 3 is 2.37 bits per heavy atom. The van der Waals surface area contributed by atoms with Crippen LogP contribution in [-0.4, -0.2) is 22.9 Å². The van der Waals surface area contributed by atoms with E-state index in [4.69, 9.17) is 0 Å². The van der Waals surface area contributed by atoms with Crippen molar-refractivity contribution in [1.29, 1.82) is 0 Å². The molecule has 1 saturated carbocycles. The molecule has 1 fully saturated rings. The highest BCUT2D eigenvalue weighted by molar-refractivity contribution is 5.26. The Bertz CT molecular complexity index is 370. The summed E-state index contributed by atoms with van der Waals surface area (Å²) < 4.78 is 0. The van der Waals surface area contributed by atoms with Crippen molar-refractivity contribution in [2.24, 2.45) is 5.92 Å². The van der Waals surface area contributed by atoms with Crippen molar-refractivity contribution in [2.75, 3.05) is 6.61 Å². The van der Waals surface area contributed by atoms with Crippen molar-refractivity contribution in [3.05, 3.63) is 35.9 Å². The molecule has 0 heterocycles. The Balaban J connectivity index is 2.22. The van der Waals surface area contributed by atoms with E-state index in [1.807, 2.05) is 18.2 Å². The summed E-state index contributed by atoms with van der Waals surface area (Å²) >= 11 is 0. The lowest BCUT2D eigenvalue weighted by molar-refractivity contribution is 0.00879. The Kier molecular flexibility index (Phi) is 5.00. The molecular formula is C17H26O2. The summed E-state index contributed by atoms with van der Waals surface area (Å²) in [5, 5.41) is 20.3. The largest absolute Gasteiger partial charge is 0.396 e. The van der Waals surface area contributed by atoms with Crippen LogP contribution in [-0.2, 0) is 5.41 Å². The van der Waals surface area contributed by atoms with E-state index in [0.717, 1.165) is 18.4 Å². The molecule has 2 nitrogen and oxygen atoms in total. The molecule has 2 N–H and O–H groups in total. The van der Waals surface area contributed by atoms with Crippen LogP contribution in [0.4, 0.5) is 0 Å². The molecule has 0 unspecified atom stereocenters.